The molecule has 0 unspecified atom stereocenters. The van der Waals surface area contributed by atoms with Crippen LogP contribution in [0.4, 0.5) is 0 Å². The van der Waals surface area contributed by atoms with Crippen molar-refractivity contribution in [2.24, 2.45) is 0 Å². The molecule has 0 aliphatic rings. The average Bonchev–Trinajstić information content (AvgIpc) is 3.19. The third kappa shape index (κ3) is 3.97. The summed E-state index contributed by atoms with van der Waals surface area (Å²) in [6.07, 6.45) is 0. The highest BCUT2D eigenvalue weighted by molar-refractivity contribution is 6.30. The van der Waals surface area contributed by atoms with E-state index in [1.54, 1.807) is 16.8 Å². The normalized spacial score (nSPS) is 10.6. The van der Waals surface area contributed by atoms with Crippen molar-refractivity contribution < 1.29 is 4.79 Å². The second kappa shape index (κ2) is 8.11. The molecule has 0 aliphatic heterocycles. The maximum absolute atomic E-state index is 12.9. The smallest absolute Gasteiger partial charge is 0.270 e. The molecule has 0 saturated heterocycles. The highest BCUT2D eigenvalue weighted by atomic mass is 35.5. The fraction of sp³-hybridized carbons (Fsp3) is 0.0435. The van der Waals surface area contributed by atoms with Crippen LogP contribution in [-0.2, 0) is 6.54 Å². The van der Waals surface area contributed by atoms with Gasteiger partial charge in [0.1, 0.15) is 5.69 Å². The molecule has 3 aromatic carbocycles. The van der Waals surface area contributed by atoms with Gasteiger partial charge in [-0.1, -0.05) is 72.3 Å². The predicted molar refractivity (Wildman–Crippen MR) is 112 cm³/mol. The van der Waals surface area contributed by atoms with Crippen molar-refractivity contribution >= 4 is 17.5 Å². The first-order valence-corrected chi connectivity index (χ1v) is 9.32. The lowest BCUT2D eigenvalue weighted by Crippen LogP contribution is -2.25. The third-order valence-electron chi connectivity index (χ3n) is 4.38. The molecule has 138 valence electrons. The number of hydrogen-bond acceptors (Lipinski definition) is 2. The average molecular weight is 388 g/mol. The van der Waals surface area contributed by atoms with E-state index in [4.69, 9.17) is 11.6 Å². The SMILES string of the molecule is O=C(NCc1ccccc1)c1cc(-c2ccccc2)nn1-c1ccc(Cl)cc1. The van der Waals surface area contributed by atoms with Crippen LogP contribution >= 0.6 is 11.6 Å². The molecule has 0 bridgehead atoms. The van der Waals surface area contributed by atoms with E-state index < -0.39 is 0 Å². The Morgan fingerprint density at radius 2 is 1.54 bits per heavy atom. The van der Waals surface area contributed by atoms with Gasteiger partial charge in [0.15, 0.2) is 0 Å². The molecule has 1 amide bonds. The van der Waals surface area contributed by atoms with E-state index >= 15 is 0 Å². The summed E-state index contributed by atoms with van der Waals surface area (Å²) in [5.41, 5.74) is 3.97. The van der Waals surface area contributed by atoms with Crippen molar-refractivity contribution in [3.63, 3.8) is 0 Å². The van der Waals surface area contributed by atoms with Crippen LogP contribution in [0.15, 0.2) is 91.0 Å². The minimum atomic E-state index is -0.187. The van der Waals surface area contributed by atoms with Gasteiger partial charge in [-0.25, -0.2) is 4.68 Å². The largest absolute Gasteiger partial charge is 0.347 e. The van der Waals surface area contributed by atoms with Crippen LogP contribution in [0, 0.1) is 0 Å². The Hall–Kier alpha value is -3.37. The van der Waals surface area contributed by atoms with E-state index in [2.05, 4.69) is 10.4 Å². The zero-order valence-corrected chi connectivity index (χ0v) is 15.8. The van der Waals surface area contributed by atoms with Crippen molar-refractivity contribution in [2.75, 3.05) is 0 Å². The number of nitrogens with zero attached hydrogens (tertiary/aromatic N) is 2. The maximum Gasteiger partial charge on any atom is 0.270 e. The molecule has 0 aliphatic carbocycles. The van der Waals surface area contributed by atoms with Crippen LogP contribution < -0.4 is 5.32 Å². The molecule has 0 saturated carbocycles. The molecule has 28 heavy (non-hydrogen) atoms. The zero-order chi connectivity index (χ0) is 19.3. The van der Waals surface area contributed by atoms with Gasteiger partial charge in [0, 0.05) is 17.1 Å². The number of rotatable bonds is 5. The Labute approximate surface area is 168 Å². The second-order valence-corrected chi connectivity index (χ2v) is 6.77. The van der Waals surface area contributed by atoms with Gasteiger partial charge in [-0.05, 0) is 35.9 Å². The first kappa shape index (κ1) is 18.0. The van der Waals surface area contributed by atoms with E-state index in [0.29, 0.717) is 17.3 Å². The second-order valence-electron chi connectivity index (χ2n) is 6.34. The van der Waals surface area contributed by atoms with Gasteiger partial charge in [-0.2, -0.15) is 5.10 Å². The molecule has 1 aromatic heterocycles. The summed E-state index contributed by atoms with van der Waals surface area (Å²) in [7, 11) is 0. The monoisotopic (exact) mass is 387 g/mol. The quantitative estimate of drug-likeness (QED) is 0.516. The molecule has 5 heteroatoms. The van der Waals surface area contributed by atoms with Crippen LogP contribution in [0.2, 0.25) is 5.02 Å². The molecule has 0 spiro atoms. The minimum Gasteiger partial charge on any atom is -0.347 e. The van der Waals surface area contributed by atoms with Crippen molar-refractivity contribution in [3.05, 3.63) is 107 Å². The van der Waals surface area contributed by atoms with Gasteiger partial charge in [-0.3, -0.25) is 4.79 Å². The van der Waals surface area contributed by atoms with Crippen LogP contribution in [0.25, 0.3) is 16.9 Å². The van der Waals surface area contributed by atoms with Crippen LogP contribution in [0.5, 0.6) is 0 Å². The van der Waals surface area contributed by atoms with E-state index in [9.17, 15) is 4.79 Å². The third-order valence-corrected chi connectivity index (χ3v) is 4.63. The summed E-state index contributed by atoms with van der Waals surface area (Å²) >= 11 is 6.01. The molecule has 0 radical (unpaired) electrons. The maximum atomic E-state index is 12.9. The number of carbonyl (C=O) groups excluding carboxylic acids is 1. The lowest BCUT2D eigenvalue weighted by molar-refractivity contribution is 0.0943. The topological polar surface area (TPSA) is 46.9 Å². The number of nitrogens with one attached hydrogen (secondary N) is 1. The fourth-order valence-electron chi connectivity index (χ4n) is 2.94. The summed E-state index contributed by atoms with van der Waals surface area (Å²) in [5.74, 6) is -0.187. The summed E-state index contributed by atoms with van der Waals surface area (Å²) in [5, 5.41) is 8.28. The number of hydrogen-bond donors (Lipinski definition) is 1. The standard InChI is InChI=1S/C23H18ClN3O/c24-19-11-13-20(14-12-19)27-22(15-21(26-27)18-9-5-2-6-10-18)23(28)25-16-17-7-3-1-4-8-17/h1-15H,16H2,(H,25,28). The van der Waals surface area contributed by atoms with Gasteiger partial charge in [0.05, 0.1) is 11.4 Å². The Balaban J connectivity index is 1.68. The van der Waals surface area contributed by atoms with Gasteiger partial charge in [-0.15, -0.1) is 0 Å². The molecule has 0 atom stereocenters. The first-order chi connectivity index (χ1) is 13.7. The van der Waals surface area contributed by atoms with Crippen LogP contribution in [-0.4, -0.2) is 15.7 Å². The van der Waals surface area contributed by atoms with Crippen molar-refractivity contribution in [1.82, 2.24) is 15.1 Å². The Bertz CT molecular complexity index is 1070. The van der Waals surface area contributed by atoms with Crippen LogP contribution in [0.3, 0.4) is 0 Å². The highest BCUT2D eigenvalue weighted by Crippen LogP contribution is 2.22. The van der Waals surface area contributed by atoms with E-state index in [1.165, 1.54) is 0 Å². The van der Waals surface area contributed by atoms with E-state index in [0.717, 1.165) is 22.5 Å². The Kier molecular flexibility index (Phi) is 5.22. The highest BCUT2D eigenvalue weighted by Gasteiger charge is 2.17. The number of halogens is 1. The lowest BCUT2D eigenvalue weighted by atomic mass is 10.1. The van der Waals surface area contributed by atoms with Crippen molar-refractivity contribution in [2.45, 2.75) is 6.54 Å². The number of aromatic nitrogens is 2. The first-order valence-electron chi connectivity index (χ1n) is 8.94. The summed E-state index contributed by atoms with van der Waals surface area (Å²) in [4.78, 5) is 12.9. The molecule has 1 N–H and O–H groups in total. The molecule has 0 fully saturated rings. The van der Waals surface area contributed by atoms with Crippen molar-refractivity contribution in [3.8, 4) is 16.9 Å². The Morgan fingerprint density at radius 3 is 2.21 bits per heavy atom. The molecular formula is C23H18ClN3O. The zero-order valence-electron chi connectivity index (χ0n) is 15.0. The summed E-state index contributed by atoms with van der Waals surface area (Å²) in [6.45, 7) is 0.451. The minimum absolute atomic E-state index is 0.187. The van der Waals surface area contributed by atoms with Gasteiger partial charge >= 0.3 is 0 Å². The van der Waals surface area contributed by atoms with Crippen LogP contribution in [0.1, 0.15) is 16.1 Å². The van der Waals surface area contributed by atoms with Crippen molar-refractivity contribution in [1.29, 1.82) is 0 Å². The van der Waals surface area contributed by atoms with Gasteiger partial charge in [0.25, 0.3) is 5.91 Å². The molecule has 4 nitrogen and oxygen atoms in total. The predicted octanol–water partition coefficient (Wildman–Crippen LogP) is 5.12. The molecule has 4 rings (SSSR count). The summed E-state index contributed by atoms with van der Waals surface area (Å²) in [6, 6.07) is 28.7. The van der Waals surface area contributed by atoms with Gasteiger partial charge in [0.2, 0.25) is 0 Å². The Morgan fingerprint density at radius 1 is 0.893 bits per heavy atom. The fourth-order valence-corrected chi connectivity index (χ4v) is 3.07. The molecular weight excluding hydrogens is 370 g/mol. The summed E-state index contributed by atoms with van der Waals surface area (Å²) < 4.78 is 1.65. The number of carbonyl (C=O) groups is 1. The number of benzene rings is 3. The van der Waals surface area contributed by atoms with E-state index in [1.807, 2.05) is 78.9 Å². The molecule has 4 aromatic rings. The molecule has 1 heterocycles. The van der Waals surface area contributed by atoms with E-state index in [-0.39, 0.29) is 5.91 Å². The lowest BCUT2D eigenvalue weighted by Gasteiger charge is -2.08. The van der Waals surface area contributed by atoms with Gasteiger partial charge < -0.3 is 5.32 Å². The number of amides is 1.